The minimum atomic E-state index is -0.546. The summed E-state index contributed by atoms with van der Waals surface area (Å²) in [7, 11) is 0. The van der Waals surface area contributed by atoms with Crippen molar-refractivity contribution in [3.05, 3.63) is 0 Å². The van der Waals surface area contributed by atoms with E-state index in [1.165, 1.54) is 0 Å². The van der Waals surface area contributed by atoms with E-state index in [2.05, 4.69) is 15.0 Å². The van der Waals surface area contributed by atoms with Gasteiger partial charge in [0.05, 0.1) is 13.2 Å². The summed E-state index contributed by atoms with van der Waals surface area (Å²) in [6.07, 6.45) is -0.954. The summed E-state index contributed by atoms with van der Waals surface area (Å²) in [5.74, 6) is 0. The zero-order valence-electron chi connectivity index (χ0n) is 12.0. The van der Waals surface area contributed by atoms with E-state index >= 15 is 0 Å². The van der Waals surface area contributed by atoms with Crippen LogP contribution in [0.25, 0.3) is 0 Å². The van der Waals surface area contributed by atoms with Crippen molar-refractivity contribution in [3.8, 4) is 0 Å². The van der Waals surface area contributed by atoms with E-state index in [1.54, 1.807) is 4.90 Å². The first-order valence-corrected chi connectivity index (χ1v) is 6.93. The average Bonchev–Trinajstić information content (AvgIpc) is 2.51. The number of aliphatic hydroxyl groups excluding tert-OH is 2. The highest BCUT2D eigenvalue weighted by Crippen LogP contribution is 2.03. The third-order valence-electron chi connectivity index (χ3n) is 2.97. The predicted octanol–water partition coefficient (Wildman–Crippen LogP) is -1.55. The van der Waals surface area contributed by atoms with Crippen LogP contribution in [0.1, 0.15) is 0 Å². The number of piperazine rings is 1. The summed E-state index contributed by atoms with van der Waals surface area (Å²) in [5, 5.41) is 19.7. The Kier molecular flexibility index (Phi) is 8.48. The summed E-state index contributed by atoms with van der Waals surface area (Å²) in [6.45, 7) is 3.24. The molecule has 0 spiro atoms. The van der Waals surface area contributed by atoms with Crippen LogP contribution in [0.5, 0.6) is 0 Å². The molecule has 0 saturated carbocycles. The van der Waals surface area contributed by atoms with Crippen LogP contribution in [-0.4, -0.2) is 97.9 Å². The molecule has 9 heteroatoms. The third-order valence-corrected chi connectivity index (χ3v) is 2.97. The fourth-order valence-electron chi connectivity index (χ4n) is 1.88. The normalized spacial score (nSPS) is 15.6. The molecule has 0 aromatic rings. The van der Waals surface area contributed by atoms with Crippen molar-refractivity contribution in [2.75, 3.05) is 65.7 Å². The van der Waals surface area contributed by atoms with Gasteiger partial charge < -0.3 is 29.9 Å². The fraction of sp³-hybridized carbons (Fsp3) is 0.833. The molecular formula is C12H23N3O6. The molecule has 9 nitrogen and oxygen atoms in total. The van der Waals surface area contributed by atoms with Crippen molar-refractivity contribution < 1.29 is 29.3 Å². The average molecular weight is 305 g/mol. The molecule has 0 radical (unpaired) electrons. The zero-order valence-corrected chi connectivity index (χ0v) is 12.0. The standard InChI is InChI=1S/C12H23N3O6/c16-7-9-20-11(18)13-1-2-14-3-5-15(6-4-14)12(19)21-10-8-17/h16-17H,1-10H2,(H,13,18). The van der Waals surface area contributed by atoms with Crippen molar-refractivity contribution >= 4 is 12.2 Å². The van der Waals surface area contributed by atoms with Crippen LogP contribution in [0.15, 0.2) is 0 Å². The molecule has 0 aliphatic carbocycles. The molecule has 0 aromatic carbocycles. The van der Waals surface area contributed by atoms with Crippen molar-refractivity contribution in [1.29, 1.82) is 0 Å². The van der Waals surface area contributed by atoms with Crippen LogP contribution in [0.4, 0.5) is 9.59 Å². The number of hydrogen-bond donors (Lipinski definition) is 3. The quantitative estimate of drug-likeness (QED) is 0.522. The Labute approximate surface area is 123 Å². The van der Waals surface area contributed by atoms with E-state index in [0.717, 1.165) is 0 Å². The largest absolute Gasteiger partial charge is 0.447 e. The first-order valence-electron chi connectivity index (χ1n) is 6.93. The lowest BCUT2D eigenvalue weighted by molar-refractivity contribution is 0.0643. The fourth-order valence-corrected chi connectivity index (χ4v) is 1.88. The molecule has 21 heavy (non-hydrogen) atoms. The summed E-state index contributed by atoms with van der Waals surface area (Å²) in [4.78, 5) is 26.4. The molecule has 2 amide bonds. The summed E-state index contributed by atoms with van der Waals surface area (Å²) in [6, 6.07) is 0. The van der Waals surface area contributed by atoms with Gasteiger partial charge in [0.25, 0.3) is 0 Å². The van der Waals surface area contributed by atoms with E-state index in [0.29, 0.717) is 39.3 Å². The topological polar surface area (TPSA) is 112 Å². The molecule has 1 heterocycles. The number of nitrogens with one attached hydrogen (secondary N) is 1. The first kappa shape index (κ1) is 17.5. The van der Waals surface area contributed by atoms with Crippen LogP contribution < -0.4 is 5.32 Å². The van der Waals surface area contributed by atoms with Gasteiger partial charge in [-0.2, -0.15) is 0 Å². The Morgan fingerprint density at radius 2 is 1.62 bits per heavy atom. The van der Waals surface area contributed by atoms with E-state index in [1.807, 2.05) is 0 Å². The number of hydrogen-bond acceptors (Lipinski definition) is 7. The third kappa shape index (κ3) is 7.11. The number of rotatable bonds is 7. The summed E-state index contributed by atoms with van der Waals surface area (Å²) in [5.41, 5.74) is 0. The van der Waals surface area contributed by atoms with Crippen molar-refractivity contribution in [3.63, 3.8) is 0 Å². The number of aliphatic hydroxyl groups is 2. The Morgan fingerprint density at radius 1 is 1.00 bits per heavy atom. The van der Waals surface area contributed by atoms with Crippen molar-refractivity contribution in [2.24, 2.45) is 0 Å². The minimum absolute atomic E-state index is 0.0128. The van der Waals surface area contributed by atoms with Gasteiger partial charge >= 0.3 is 12.2 Å². The Bertz CT molecular complexity index is 317. The van der Waals surface area contributed by atoms with Crippen molar-refractivity contribution in [1.82, 2.24) is 15.1 Å². The van der Waals surface area contributed by atoms with Gasteiger partial charge in [-0.15, -0.1) is 0 Å². The molecule has 1 aliphatic heterocycles. The molecule has 1 aliphatic rings. The van der Waals surface area contributed by atoms with Gasteiger partial charge in [-0.05, 0) is 0 Å². The van der Waals surface area contributed by atoms with Crippen LogP contribution in [-0.2, 0) is 9.47 Å². The van der Waals surface area contributed by atoms with Gasteiger partial charge in [-0.1, -0.05) is 0 Å². The predicted molar refractivity (Wildman–Crippen MR) is 72.9 cm³/mol. The molecule has 1 fully saturated rings. The maximum atomic E-state index is 11.5. The molecule has 0 atom stereocenters. The number of carbonyl (C=O) groups excluding carboxylic acids is 2. The van der Waals surface area contributed by atoms with Crippen molar-refractivity contribution in [2.45, 2.75) is 0 Å². The zero-order chi connectivity index (χ0) is 15.5. The van der Waals surface area contributed by atoms with Gasteiger partial charge in [0.2, 0.25) is 0 Å². The van der Waals surface area contributed by atoms with E-state index in [9.17, 15) is 9.59 Å². The molecule has 0 unspecified atom stereocenters. The smallest absolute Gasteiger partial charge is 0.409 e. The highest BCUT2D eigenvalue weighted by molar-refractivity contribution is 5.67. The summed E-state index contributed by atoms with van der Waals surface area (Å²) >= 11 is 0. The van der Waals surface area contributed by atoms with E-state index < -0.39 is 12.2 Å². The lowest BCUT2D eigenvalue weighted by atomic mass is 10.3. The Hall–Kier alpha value is -1.58. The second-order valence-electron chi connectivity index (χ2n) is 4.45. The SMILES string of the molecule is O=C(NCCN1CCN(C(=O)OCCO)CC1)OCCO. The van der Waals surface area contributed by atoms with Crippen LogP contribution in [0, 0.1) is 0 Å². The highest BCUT2D eigenvalue weighted by Gasteiger charge is 2.21. The van der Waals surface area contributed by atoms with Crippen LogP contribution in [0.3, 0.4) is 0 Å². The molecule has 0 aromatic heterocycles. The molecular weight excluding hydrogens is 282 g/mol. The summed E-state index contributed by atoms with van der Waals surface area (Å²) < 4.78 is 9.50. The maximum Gasteiger partial charge on any atom is 0.409 e. The van der Waals surface area contributed by atoms with Crippen LogP contribution in [0.2, 0.25) is 0 Å². The number of amides is 2. The minimum Gasteiger partial charge on any atom is -0.447 e. The molecule has 0 bridgehead atoms. The molecule has 1 rings (SSSR count). The van der Waals surface area contributed by atoms with Crippen LogP contribution >= 0.6 is 0 Å². The highest BCUT2D eigenvalue weighted by atomic mass is 16.6. The second kappa shape index (κ2) is 10.2. The van der Waals surface area contributed by atoms with Gasteiger partial charge in [-0.3, -0.25) is 4.90 Å². The lowest BCUT2D eigenvalue weighted by Crippen LogP contribution is -2.50. The number of nitrogens with zero attached hydrogens (tertiary/aromatic N) is 2. The monoisotopic (exact) mass is 305 g/mol. The van der Waals surface area contributed by atoms with Gasteiger partial charge in [-0.25, -0.2) is 9.59 Å². The van der Waals surface area contributed by atoms with Gasteiger partial charge in [0.15, 0.2) is 0 Å². The number of ether oxygens (including phenoxy) is 2. The van der Waals surface area contributed by atoms with Gasteiger partial charge in [0, 0.05) is 39.3 Å². The Balaban J connectivity index is 2.10. The van der Waals surface area contributed by atoms with E-state index in [-0.39, 0.29) is 26.4 Å². The lowest BCUT2D eigenvalue weighted by Gasteiger charge is -2.33. The van der Waals surface area contributed by atoms with Gasteiger partial charge in [0.1, 0.15) is 13.2 Å². The second-order valence-corrected chi connectivity index (χ2v) is 4.45. The number of alkyl carbamates (subject to hydrolysis) is 1. The molecule has 1 saturated heterocycles. The maximum absolute atomic E-state index is 11.5. The van der Waals surface area contributed by atoms with E-state index in [4.69, 9.17) is 14.9 Å². The first-order chi connectivity index (χ1) is 10.2. The Morgan fingerprint density at radius 3 is 2.24 bits per heavy atom. The molecule has 122 valence electrons. The molecule has 3 N–H and O–H groups in total. The number of carbonyl (C=O) groups is 2.